The highest BCUT2D eigenvalue weighted by atomic mass is 28.1. The Kier molecular flexibility index (Phi) is 2.90. The van der Waals surface area contributed by atoms with Crippen molar-refractivity contribution < 1.29 is 4.74 Å². The smallest absolute Gasteiger partial charge is 0.0723 e. The molecule has 0 aromatic heterocycles. The van der Waals surface area contributed by atoms with Crippen LogP contribution in [0.4, 0.5) is 0 Å². The van der Waals surface area contributed by atoms with Gasteiger partial charge in [-0.05, 0) is 24.8 Å². The SMILES string of the molecule is [SiH3]c1ccc(C2([SiH3])CCCCO2)cc1. The standard InChI is InChI=1S/C11H18OSi2/c13-10-5-3-9(4-6-10)11(14)7-1-2-8-12-11/h3-6H,1-2,7-8H2,13-14H3. The third-order valence-electron chi connectivity index (χ3n) is 3.13. The van der Waals surface area contributed by atoms with Gasteiger partial charge in [-0.3, -0.25) is 0 Å². The van der Waals surface area contributed by atoms with Crippen molar-refractivity contribution in [1.29, 1.82) is 0 Å². The lowest BCUT2D eigenvalue weighted by atomic mass is 10.0. The van der Waals surface area contributed by atoms with E-state index >= 15 is 0 Å². The average Bonchev–Trinajstić information content (AvgIpc) is 2.19. The van der Waals surface area contributed by atoms with E-state index in [0.717, 1.165) is 27.1 Å². The molecular weight excluding hydrogens is 204 g/mol. The van der Waals surface area contributed by atoms with Gasteiger partial charge in [-0.25, -0.2) is 0 Å². The summed E-state index contributed by atoms with van der Waals surface area (Å²) >= 11 is 0. The van der Waals surface area contributed by atoms with E-state index in [2.05, 4.69) is 24.3 Å². The van der Waals surface area contributed by atoms with E-state index in [-0.39, 0.29) is 5.22 Å². The number of ether oxygens (including phenoxy) is 1. The second-order valence-electron chi connectivity index (χ2n) is 4.40. The minimum absolute atomic E-state index is 0.119. The van der Waals surface area contributed by atoms with Gasteiger partial charge in [0.2, 0.25) is 0 Å². The lowest BCUT2D eigenvalue weighted by Gasteiger charge is -2.34. The normalized spacial score (nSPS) is 28.0. The summed E-state index contributed by atoms with van der Waals surface area (Å²) in [5.41, 5.74) is 1.41. The van der Waals surface area contributed by atoms with Gasteiger partial charge in [0, 0.05) is 27.1 Å². The van der Waals surface area contributed by atoms with Crippen molar-refractivity contribution in [3.05, 3.63) is 29.8 Å². The minimum atomic E-state index is 0.119. The molecule has 1 saturated heterocycles. The van der Waals surface area contributed by atoms with E-state index in [1.165, 1.54) is 30.0 Å². The monoisotopic (exact) mass is 222 g/mol. The van der Waals surface area contributed by atoms with Crippen molar-refractivity contribution in [3.8, 4) is 0 Å². The molecule has 1 aliphatic rings. The van der Waals surface area contributed by atoms with Crippen molar-refractivity contribution in [2.75, 3.05) is 6.61 Å². The fraction of sp³-hybridized carbons (Fsp3) is 0.455. The zero-order valence-electron chi connectivity index (χ0n) is 9.05. The molecule has 1 heterocycles. The van der Waals surface area contributed by atoms with Crippen LogP contribution in [0.3, 0.4) is 0 Å². The molecule has 2 rings (SSSR count). The Hall–Kier alpha value is -0.386. The lowest BCUT2D eigenvalue weighted by Crippen LogP contribution is -2.34. The van der Waals surface area contributed by atoms with Gasteiger partial charge < -0.3 is 4.74 Å². The molecule has 3 heteroatoms. The highest BCUT2D eigenvalue weighted by molar-refractivity contribution is 6.32. The maximum atomic E-state index is 5.96. The Labute approximate surface area is 91.7 Å². The van der Waals surface area contributed by atoms with Crippen LogP contribution in [-0.4, -0.2) is 27.1 Å². The Morgan fingerprint density at radius 3 is 2.43 bits per heavy atom. The van der Waals surface area contributed by atoms with Crippen molar-refractivity contribution in [2.45, 2.75) is 24.5 Å². The Balaban J connectivity index is 2.23. The highest BCUT2D eigenvalue weighted by Crippen LogP contribution is 2.31. The molecule has 0 aliphatic carbocycles. The van der Waals surface area contributed by atoms with Crippen LogP contribution in [0.2, 0.25) is 0 Å². The third kappa shape index (κ3) is 1.99. The Bertz CT molecular complexity index is 302. The summed E-state index contributed by atoms with van der Waals surface area (Å²) in [6, 6.07) is 9.03. The van der Waals surface area contributed by atoms with Gasteiger partial charge in [-0.1, -0.05) is 29.5 Å². The first kappa shape index (κ1) is 10.1. The third-order valence-corrected chi connectivity index (χ3v) is 5.16. The molecule has 0 bridgehead atoms. The van der Waals surface area contributed by atoms with E-state index in [1.807, 2.05) is 0 Å². The quantitative estimate of drug-likeness (QED) is 0.577. The Morgan fingerprint density at radius 1 is 1.14 bits per heavy atom. The van der Waals surface area contributed by atoms with Gasteiger partial charge in [-0.2, -0.15) is 0 Å². The highest BCUT2D eigenvalue weighted by Gasteiger charge is 2.29. The van der Waals surface area contributed by atoms with Crippen LogP contribution in [0.5, 0.6) is 0 Å². The topological polar surface area (TPSA) is 9.23 Å². The van der Waals surface area contributed by atoms with Gasteiger partial charge in [0.25, 0.3) is 0 Å². The van der Waals surface area contributed by atoms with Crippen molar-refractivity contribution >= 4 is 25.7 Å². The number of rotatable bonds is 1. The minimum Gasteiger partial charge on any atom is -0.375 e. The van der Waals surface area contributed by atoms with Crippen LogP contribution in [0.1, 0.15) is 24.8 Å². The lowest BCUT2D eigenvalue weighted by molar-refractivity contribution is -0.0209. The zero-order valence-corrected chi connectivity index (χ0v) is 13.0. The molecule has 1 aromatic rings. The van der Waals surface area contributed by atoms with Crippen LogP contribution < -0.4 is 5.19 Å². The van der Waals surface area contributed by atoms with Crippen LogP contribution in [-0.2, 0) is 9.96 Å². The molecule has 76 valence electrons. The first-order valence-electron chi connectivity index (χ1n) is 5.42. The molecule has 0 saturated carbocycles. The summed E-state index contributed by atoms with van der Waals surface area (Å²) in [6.45, 7) is 0.951. The molecule has 1 nitrogen and oxygen atoms in total. The van der Waals surface area contributed by atoms with Crippen LogP contribution in [0.25, 0.3) is 0 Å². The summed E-state index contributed by atoms with van der Waals surface area (Å²) in [4.78, 5) is 0. The van der Waals surface area contributed by atoms with E-state index < -0.39 is 0 Å². The molecule has 1 aliphatic heterocycles. The van der Waals surface area contributed by atoms with Crippen molar-refractivity contribution in [1.82, 2.24) is 0 Å². The van der Waals surface area contributed by atoms with Crippen molar-refractivity contribution in [2.24, 2.45) is 0 Å². The fourth-order valence-electron chi connectivity index (χ4n) is 2.07. The fourth-order valence-corrected chi connectivity index (χ4v) is 3.29. The van der Waals surface area contributed by atoms with Crippen LogP contribution >= 0.6 is 0 Å². The molecule has 1 unspecified atom stereocenters. The molecule has 0 spiro atoms. The average molecular weight is 222 g/mol. The van der Waals surface area contributed by atoms with Gasteiger partial charge in [-0.15, -0.1) is 0 Å². The molecular formula is C11H18OSi2. The van der Waals surface area contributed by atoms with E-state index in [4.69, 9.17) is 4.74 Å². The van der Waals surface area contributed by atoms with Gasteiger partial charge in [0.05, 0.1) is 5.22 Å². The second-order valence-corrected chi connectivity index (χ2v) is 7.17. The predicted octanol–water partition coefficient (Wildman–Crippen LogP) is -0.604. The molecule has 1 atom stereocenters. The first-order chi connectivity index (χ1) is 6.71. The molecule has 1 fully saturated rings. The largest absolute Gasteiger partial charge is 0.375 e. The predicted molar refractivity (Wildman–Crippen MR) is 67.4 cm³/mol. The van der Waals surface area contributed by atoms with E-state index in [1.54, 1.807) is 0 Å². The van der Waals surface area contributed by atoms with E-state index in [0.29, 0.717) is 0 Å². The first-order valence-corrected chi connectivity index (χ1v) is 7.42. The Morgan fingerprint density at radius 2 is 1.86 bits per heavy atom. The van der Waals surface area contributed by atoms with Crippen LogP contribution in [0.15, 0.2) is 24.3 Å². The van der Waals surface area contributed by atoms with Gasteiger partial charge in [0.15, 0.2) is 0 Å². The summed E-state index contributed by atoms with van der Waals surface area (Å²) in [6.07, 6.45) is 3.79. The number of hydrogen-bond donors (Lipinski definition) is 0. The molecule has 0 radical (unpaired) electrons. The summed E-state index contributed by atoms with van der Waals surface area (Å²) in [5, 5.41) is 1.59. The number of hydrogen-bond acceptors (Lipinski definition) is 1. The number of benzene rings is 1. The summed E-state index contributed by atoms with van der Waals surface area (Å²) < 4.78 is 5.96. The maximum absolute atomic E-state index is 5.96. The molecule has 14 heavy (non-hydrogen) atoms. The molecule has 1 aromatic carbocycles. The maximum Gasteiger partial charge on any atom is 0.0723 e. The molecule has 0 N–H and O–H groups in total. The second kappa shape index (κ2) is 4.00. The van der Waals surface area contributed by atoms with Gasteiger partial charge >= 0.3 is 0 Å². The summed E-state index contributed by atoms with van der Waals surface area (Å²) in [5.74, 6) is 0. The van der Waals surface area contributed by atoms with Crippen LogP contribution in [0, 0.1) is 0 Å². The van der Waals surface area contributed by atoms with E-state index in [9.17, 15) is 0 Å². The molecule has 0 amide bonds. The summed E-state index contributed by atoms with van der Waals surface area (Å²) in [7, 11) is 2.25. The zero-order chi connectivity index (χ0) is 10.0. The van der Waals surface area contributed by atoms with Crippen molar-refractivity contribution in [3.63, 3.8) is 0 Å². The van der Waals surface area contributed by atoms with Gasteiger partial charge in [0.1, 0.15) is 0 Å².